The fraction of sp³-hybridized carbons (Fsp3) is 0.571. The van der Waals surface area contributed by atoms with Gasteiger partial charge in [-0.05, 0) is 25.6 Å². The van der Waals surface area contributed by atoms with Crippen LogP contribution >= 0.6 is 7.64 Å². The van der Waals surface area contributed by atoms with E-state index < -0.39 is 7.64 Å². The van der Waals surface area contributed by atoms with Crippen molar-refractivity contribution in [3.8, 4) is 5.75 Å². The molecule has 1 atom stereocenters. The third-order valence-corrected chi connectivity index (χ3v) is 6.67. The number of ether oxygens (including phenoxy) is 1. The van der Waals surface area contributed by atoms with Crippen molar-refractivity contribution in [1.82, 2.24) is 9.57 Å². The first-order valence-electron chi connectivity index (χ1n) is 6.63. The molecule has 1 aliphatic rings. The molecule has 0 bridgehead atoms. The Hall–Kier alpha value is -0.670. The highest BCUT2D eigenvalue weighted by Gasteiger charge is 2.42. The summed E-state index contributed by atoms with van der Waals surface area (Å²) in [5, 5.41) is 1.000. The van der Waals surface area contributed by atoms with Crippen LogP contribution in [0.5, 0.6) is 5.75 Å². The minimum atomic E-state index is -2.23. The lowest BCUT2D eigenvalue weighted by atomic mass is 10.2. The highest BCUT2D eigenvalue weighted by Crippen LogP contribution is 2.53. The van der Waals surface area contributed by atoms with Crippen molar-refractivity contribution in [3.63, 3.8) is 0 Å². The molecule has 106 valence electrons. The number of rotatable bonds is 3. The van der Waals surface area contributed by atoms with Crippen LogP contribution < -0.4 is 10.0 Å². The first-order valence-corrected chi connectivity index (χ1v) is 8.77. The van der Waals surface area contributed by atoms with Crippen molar-refractivity contribution in [2.24, 2.45) is 0 Å². The average molecular weight is 283 g/mol. The maximum absolute atomic E-state index is 11.0. The molecule has 0 aliphatic carbocycles. The average Bonchev–Trinajstić information content (AvgIpc) is 2.39. The fourth-order valence-electron chi connectivity index (χ4n) is 2.42. The molecule has 0 amide bonds. The van der Waals surface area contributed by atoms with Crippen LogP contribution in [0.4, 0.5) is 0 Å². The zero-order chi connectivity index (χ0) is 14.0. The zero-order valence-corrected chi connectivity index (χ0v) is 13.2. The van der Waals surface area contributed by atoms with E-state index in [0.29, 0.717) is 0 Å². The van der Waals surface area contributed by atoms with E-state index in [1.807, 2.05) is 31.8 Å². The van der Waals surface area contributed by atoms with Crippen LogP contribution in [0.2, 0.25) is 0 Å². The highest BCUT2D eigenvalue weighted by atomic mass is 31.2. The number of piperazine rings is 1. The highest BCUT2D eigenvalue weighted by molar-refractivity contribution is 7.74. The lowest BCUT2D eigenvalue weighted by molar-refractivity contribution is 0.218. The Morgan fingerprint density at radius 2 is 1.84 bits per heavy atom. The molecule has 1 fully saturated rings. The maximum atomic E-state index is 11.0. The fourth-order valence-corrected chi connectivity index (χ4v) is 4.42. The number of likely N-dealkylation sites (N-methyl/N-ethyl adjacent to an activating group) is 1. The normalized spacial score (nSPS) is 21.1. The molecule has 1 aromatic rings. The number of hydrogen-bond donors (Lipinski definition) is 1. The molecule has 1 heterocycles. The summed E-state index contributed by atoms with van der Waals surface area (Å²) in [6.45, 7) is 7.87. The van der Waals surface area contributed by atoms with Gasteiger partial charge in [0.15, 0.2) is 0 Å². The molecule has 1 N–H and O–H groups in total. The summed E-state index contributed by atoms with van der Waals surface area (Å²) in [6.07, 6.45) is 0. The maximum Gasteiger partial charge on any atom is 0.241 e. The first kappa shape index (κ1) is 14.7. The number of methoxy groups -OCH3 is 1. The summed E-state index contributed by atoms with van der Waals surface area (Å²) in [5.74, 6) is 0.854. The van der Waals surface area contributed by atoms with Gasteiger partial charge in [0.1, 0.15) is 11.1 Å². The Morgan fingerprint density at radius 1 is 1.21 bits per heavy atom. The minimum Gasteiger partial charge on any atom is -0.496 e. The van der Waals surface area contributed by atoms with Gasteiger partial charge in [-0.25, -0.2) is 4.89 Å². The second-order valence-corrected chi connectivity index (χ2v) is 8.23. The Balaban J connectivity index is 2.23. The van der Waals surface area contributed by atoms with Gasteiger partial charge < -0.3 is 9.64 Å². The molecule has 0 aromatic heterocycles. The number of nitrogens with zero attached hydrogens (tertiary/aromatic N) is 2. The van der Waals surface area contributed by atoms with E-state index in [0.717, 1.165) is 42.8 Å². The van der Waals surface area contributed by atoms with Crippen LogP contribution in [0.25, 0.3) is 0 Å². The summed E-state index contributed by atoms with van der Waals surface area (Å²) in [4.78, 5) is 13.3. The van der Waals surface area contributed by atoms with Gasteiger partial charge in [-0.15, -0.1) is 4.67 Å². The number of aryl methyl sites for hydroxylation is 1. The Kier molecular flexibility index (Phi) is 4.46. The molecular weight excluding hydrogens is 259 g/mol. The van der Waals surface area contributed by atoms with E-state index in [-0.39, 0.29) is 0 Å². The van der Waals surface area contributed by atoms with Crippen molar-refractivity contribution in [3.05, 3.63) is 23.8 Å². The molecule has 1 aromatic carbocycles. The Bertz CT molecular complexity index is 443. The van der Waals surface area contributed by atoms with Gasteiger partial charge in [-0.3, -0.25) is 0 Å². The van der Waals surface area contributed by atoms with Crippen LogP contribution in [0, 0.1) is 6.92 Å². The summed E-state index contributed by atoms with van der Waals surface area (Å²) in [7, 11) is 1.57. The van der Waals surface area contributed by atoms with Crippen LogP contribution in [0.15, 0.2) is 18.2 Å². The Labute approximate surface area is 116 Å². The van der Waals surface area contributed by atoms with Gasteiger partial charge in [0, 0.05) is 32.2 Å². The van der Waals surface area contributed by atoms with Crippen LogP contribution in [0.1, 0.15) is 5.56 Å². The summed E-state index contributed by atoms with van der Waals surface area (Å²) in [5.41, 5.74) is 1.10. The van der Waals surface area contributed by atoms with Gasteiger partial charge in [-0.2, -0.15) is 0 Å². The number of hydrogen-bond acceptors (Lipinski definition) is 4. The van der Waals surface area contributed by atoms with Gasteiger partial charge in [0.2, 0.25) is 7.64 Å². The molecule has 1 unspecified atom stereocenters. The molecule has 0 spiro atoms. The summed E-state index contributed by atoms with van der Waals surface area (Å²) >= 11 is 0. The molecule has 19 heavy (non-hydrogen) atoms. The van der Waals surface area contributed by atoms with Crippen molar-refractivity contribution in [1.29, 1.82) is 0 Å². The number of benzene rings is 1. The topological polar surface area (TPSA) is 35.9 Å². The predicted molar refractivity (Wildman–Crippen MR) is 81.5 cm³/mol. The zero-order valence-electron chi connectivity index (χ0n) is 12.3. The van der Waals surface area contributed by atoms with Crippen LogP contribution in [0.3, 0.4) is 0 Å². The SMILES string of the molecule is COc1cc([P+](C)(O)N2CCN(C)CC2)ccc1C. The van der Waals surface area contributed by atoms with Crippen LogP contribution in [-0.4, -0.2) is 61.5 Å². The molecule has 1 aliphatic heterocycles. The van der Waals surface area contributed by atoms with Gasteiger partial charge in [0.25, 0.3) is 0 Å². The first-order chi connectivity index (χ1) is 8.95. The molecule has 1 saturated heterocycles. The largest absolute Gasteiger partial charge is 0.496 e. The lowest BCUT2D eigenvalue weighted by Gasteiger charge is -2.35. The summed E-state index contributed by atoms with van der Waals surface area (Å²) in [6, 6.07) is 6.05. The van der Waals surface area contributed by atoms with E-state index in [1.165, 1.54) is 0 Å². The van der Waals surface area contributed by atoms with Crippen LogP contribution in [-0.2, 0) is 0 Å². The lowest BCUT2D eigenvalue weighted by Crippen LogP contribution is -2.45. The third-order valence-electron chi connectivity index (χ3n) is 3.91. The molecule has 5 heteroatoms. The summed E-state index contributed by atoms with van der Waals surface area (Å²) < 4.78 is 7.60. The van der Waals surface area contributed by atoms with Gasteiger partial charge >= 0.3 is 0 Å². The second kappa shape index (κ2) is 5.76. The molecule has 2 rings (SSSR count). The van der Waals surface area contributed by atoms with Gasteiger partial charge in [-0.1, -0.05) is 6.07 Å². The van der Waals surface area contributed by atoms with Crippen molar-refractivity contribution < 1.29 is 9.63 Å². The van der Waals surface area contributed by atoms with Crippen molar-refractivity contribution >= 4 is 12.9 Å². The van der Waals surface area contributed by atoms with Crippen molar-refractivity contribution in [2.75, 3.05) is 47.0 Å². The molecule has 0 saturated carbocycles. The van der Waals surface area contributed by atoms with E-state index in [4.69, 9.17) is 4.74 Å². The second-order valence-electron chi connectivity index (χ2n) is 5.32. The molecular formula is C14H24N2O2P+. The van der Waals surface area contributed by atoms with E-state index in [1.54, 1.807) is 7.11 Å². The minimum absolute atomic E-state index is 0.854. The monoisotopic (exact) mass is 283 g/mol. The quantitative estimate of drug-likeness (QED) is 0.849. The third kappa shape index (κ3) is 3.09. The standard InChI is InChI=1S/C14H24N2O2P/c1-12-5-6-13(11-14(12)18-3)19(4,17)16-9-7-15(2)8-10-16/h5-6,11,17H,7-10H2,1-4H3/q+1. The molecule has 0 radical (unpaired) electrons. The van der Waals surface area contributed by atoms with E-state index in [9.17, 15) is 4.89 Å². The van der Waals surface area contributed by atoms with E-state index >= 15 is 0 Å². The Morgan fingerprint density at radius 3 is 2.42 bits per heavy atom. The van der Waals surface area contributed by atoms with E-state index in [2.05, 4.69) is 16.6 Å². The smallest absolute Gasteiger partial charge is 0.241 e. The predicted octanol–water partition coefficient (Wildman–Crippen LogP) is 1.35. The molecule has 4 nitrogen and oxygen atoms in total. The van der Waals surface area contributed by atoms with Crippen molar-refractivity contribution in [2.45, 2.75) is 6.92 Å². The van der Waals surface area contributed by atoms with Gasteiger partial charge in [0.05, 0.1) is 13.8 Å².